The van der Waals surface area contributed by atoms with E-state index >= 15 is 0 Å². The third kappa shape index (κ3) is 3.58. The van der Waals surface area contributed by atoms with Crippen LogP contribution in [0.1, 0.15) is 24.8 Å². The lowest BCUT2D eigenvalue weighted by Crippen LogP contribution is -2.30. The number of hydrazone groups is 1. The maximum absolute atomic E-state index is 13.6. The summed E-state index contributed by atoms with van der Waals surface area (Å²) in [6.07, 6.45) is 5.05. The first-order valence-corrected chi connectivity index (χ1v) is 7.86. The average Bonchev–Trinajstić information content (AvgIpc) is 2.68. The minimum Gasteiger partial charge on any atom is -0.356 e. The molecule has 0 aliphatic carbocycles. The van der Waals surface area contributed by atoms with E-state index in [1.807, 2.05) is 0 Å². The summed E-state index contributed by atoms with van der Waals surface area (Å²) in [6.45, 7) is 1.70. The number of halogens is 5. The van der Waals surface area contributed by atoms with Crippen molar-refractivity contribution < 1.29 is 22.0 Å². The van der Waals surface area contributed by atoms with Gasteiger partial charge < -0.3 is 4.90 Å². The van der Waals surface area contributed by atoms with Gasteiger partial charge in [-0.2, -0.15) is 5.10 Å². The first-order chi connectivity index (χ1) is 12.5. The Morgan fingerprint density at radius 1 is 0.885 bits per heavy atom. The van der Waals surface area contributed by atoms with Gasteiger partial charge in [0.2, 0.25) is 5.82 Å². The molecule has 1 aliphatic rings. The smallest absolute Gasteiger partial charge is 0.200 e. The molecular formula is C16H14F5N5. The molecule has 10 heteroatoms. The van der Waals surface area contributed by atoms with Gasteiger partial charge in [-0.15, -0.1) is 0 Å². The molecule has 0 bridgehead atoms. The van der Waals surface area contributed by atoms with Crippen molar-refractivity contribution in [1.82, 2.24) is 9.97 Å². The lowest BCUT2D eigenvalue weighted by atomic mass is 10.1. The zero-order valence-corrected chi connectivity index (χ0v) is 13.4. The molecule has 0 unspecified atom stereocenters. The molecule has 2 heterocycles. The van der Waals surface area contributed by atoms with Crippen LogP contribution in [0.5, 0.6) is 0 Å². The molecule has 3 rings (SSSR count). The average molecular weight is 371 g/mol. The molecule has 1 fully saturated rings. The number of hydrogen-bond donors (Lipinski definition) is 1. The van der Waals surface area contributed by atoms with Crippen LogP contribution in [0.2, 0.25) is 0 Å². The molecular weight excluding hydrogens is 357 g/mol. The second-order valence-corrected chi connectivity index (χ2v) is 5.66. The van der Waals surface area contributed by atoms with Gasteiger partial charge in [0.15, 0.2) is 29.1 Å². The summed E-state index contributed by atoms with van der Waals surface area (Å²) in [5.41, 5.74) is 1.26. The van der Waals surface area contributed by atoms with Crippen LogP contribution >= 0.6 is 0 Å². The van der Waals surface area contributed by atoms with Crippen LogP contribution in [0.15, 0.2) is 17.5 Å². The molecule has 2 aromatic rings. The molecule has 1 N–H and O–H groups in total. The van der Waals surface area contributed by atoms with Crippen LogP contribution in [0.25, 0.3) is 0 Å². The van der Waals surface area contributed by atoms with Crippen LogP contribution in [0.4, 0.5) is 33.6 Å². The van der Waals surface area contributed by atoms with Crippen molar-refractivity contribution >= 4 is 17.9 Å². The summed E-state index contributed by atoms with van der Waals surface area (Å²) in [5, 5.41) is 3.51. The minimum atomic E-state index is -2.22. The van der Waals surface area contributed by atoms with E-state index in [0.717, 1.165) is 32.4 Å². The molecule has 0 amide bonds. The molecule has 1 aromatic carbocycles. The van der Waals surface area contributed by atoms with E-state index in [1.165, 1.54) is 6.33 Å². The van der Waals surface area contributed by atoms with Gasteiger partial charge in [0, 0.05) is 19.2 Å². The fraction of sp³-hybridized carbons (Fsp3) is 0.312. The molecule has 0 spiro atoms. The number of benzene rings is 1. The molecule has 1 saturated heterocycles. The lowest BCUT2D eigenvalue weighted by molar-refractivity contribution is 0.377. The van der Waals surface area contributed by atoms with Crippen LogP contribution in [0, 0.1) is 29.1 Å². The molecule has 0 saturated carbocycles. The number of piperidine rings is 1. The molecule has 0 radical (unpaired) electrons. The maximum atomic E-state index is 13.6. The van der Waals surface area contributed by atoms with Crippen LogP contribution in [0.3, 0.4) is 0 Å². The van der Waals surface area contributed by atoms with Crippen molar-refractivity contribution in [2.75, 3.05) is 23.4 Å². The zero-order valence-electron chi connectivity index (χ0n) is 13.4. The van der Waals surface area contributed by atoms with Gasteiger partial charge in [0.05, 0.1) is 11.8 Å². The highest BCUT2D eigenvalue weighted by Gasteiger charge is 2.24. The molecule has 138 valence electrons. The molecule has 0 atom stereocenters. The van der Waals surface area contributed by atoms with E-state index in [4.69, 9.17) is 0 Å². The van der Waals surface area contributed by atoms with Gasteiger partial charge in [0.1, 0.15) is 12.1 Å². The zero-order chi connectivity index (χ0) is 18.7. The van der Waals surface area contributed by atoms with Gasteiger partial charge in [0.25, 0.3) is 0 Å². The fourth-order valence-corrected chi connectivity index (χ4v) is 2.60. The molecule has 5 nitrogen and oxygen atoms in total. The summed E-state index contributed by atoms with van der Waals surface area (Å²) >= 11 is 0. The SMILES string of the molecule is Fc1c(F)c(F)c(C=NNc2cc(N3CCCCC3)ncn2)c(F)c1F. The second kappa shape index (κ2) is 7.63. The third-order valence-corrected chi connectivity index (χ3v) is 3.95. The standard InChI is InChI=1S/C16H14F5N5/c17-12-9(13(18)15(20)16(21)14(12)19)7-24-25-10-6-11(23-8-22-10)26-4-2-1-3-5-26/h6-8H,1-5H2,(H,22,23,25). The number of anilines is 2. The summed E-state index contributed by atoms with van der Waals surface area (Å²) < 4.78 is 66.4. The van der Waals surface area contributed by atoms with Crippen LogP contribution in [-0.4, -0.2) is 29.3 Å². The Labute approximate surface area is 145 Å². The Morgan fingerprint density at radius 2 is 1.50 bits per heavy atom. The quantitative estimate of drug-likeness (QED) is 0.293. The van der Waals surface area contributed by atoms with E-state index in [9.17, 15) is 22.0 Å². The Hall–Kier alpha value is -2.78. The van der Waals surface area contributed by atoms with E-state index in [-0.39, 0.29) is 5.82 Å². The number of nitrogens with zero attached hydrogens (tertiary/aromatic N) is 4. The summed E-state index contributed by atoms with van der Waals surface area (Å²) in [5.74, 6) is -9.30. The highest BCUT2D eigenvalue weighted by Crippen LogP contribution is 2.22. The van der Waals surface area contributed by atoms with Gasteiger partial charge in [-0.1, -0.05) is 0 Å². The first kappa shape index (κ1) is 18.0. The van der Waals surface area contributed by atoms with Crippen LogP contribution in [-0.2, 0) is 0 Å². The topological polar surface area (TPSA) is 53.4 Å². The lowest BCUT2D eigenvalue weighted by Gasteiger charge is -2.27. The van der Waals surface area contributed by atoms with Crippen molar-refractivity contribution in [3.8, 4) is 0 Å². The van der Waals surface area contributed by atoms with E-state index in [2.05, 4.69) is 25.4 Å². The van der Waals surface area contributed by atoms with Crippen molar-refractivity contribution in [2.24, 2.45) is 5.10 Å². The highest BCUT2D eigenvalue weighted by molar-refractivity contribution is 5.81. The number of hydrogen-bond acceptors (Lipinski definition) is 5. The summed E-state index contributed by atoms with van der Waals surface area (Å²) in [4.78, 5) is 10.1. The predicted molar refractivity (Wildman–Crippen MR) is 85.5 cm³/mol. The van der Waals surface area contributed by atoms with Gasteiger partial charge in [-0.25, -0.2) is 31.9 Å². The highest BCUT2D eigenvalue weighted by atomic mass is 19.2. The normalized spacial score (nSPS) is 14.9. The van der Waals surface area contributed by atoms with Crippen molar-refractivity contribution in [2.45, 2.75) is 19.3 Å². The molecule has 1 aromatic heterocycles. The van der Waals surface area contributed by atoms with Crippen molar-refractivity contribution in [3.05, 3.63) is 47.0 Å². The van der Waals surface area contributed by atoms with Crippen molar-refractivity contribution in [3.63, 3.8) is 0 Å². The van der Waals surface area contributed by atoms with E-state index in [1.54, 1.807) is 6.07 Å². The number of rotatable bonds is 4. The number of aromatic nitrogens is 2. The predicted octanol–water partition coefficient (Wildman–Crippen LogP) is 3.61. The Balaban J connectivity index is 1.77. The Kier molecular flexibility index (Phi) is 5.29. The Bertz CT molecular complexity index is 807. The minimum absolute atomic E-state index is 0.223. The van der Waals surface area contributed by atoms with Gasteiger partial charge in [-0.05, 0) is 19.3 Å². The molecule has 1 aliphatic heterocycles. The van der Waals surface area contributed by atoms with E-state index in [0.29, 0.717) is 12.0 Å². The van der Waals surface area contributed by atoms with Gasteiger partial charge >= 0.3 is 0 Å². The summed E-state index contributed by atoms with van der Waals surface area (Å²) in [7, 11) is 0. The van der Waals surface area contributed by atoms with E-state index < -0.39 is 34.6 Å². The number of nitrogens with one attached hydrogen (secondary N) is 1. The maximum Gasteiger partial charge on any atom is 0.200 e. The monoisotopic (exact) mass is 371 g/mol. The van der Waals surface area contributed by atoms with Gasteiger partial charge in [-0.3, -0.25) is 5.43 Å². The van der Waals surface area contributed by atoms with Crippen LogP contribution < -0.4 is 10.3 Å². The molecule has 26 heavy (non-hydrogen) atoms. The second-order valence-electron chi connectivity index (χ2n) is 5.66. The van der Waals surface area contributed by atoms with Crippen molar-refractivity contribution in [1.29, 1.82) is 0 Å². The Morgan fingerprint density at radius 3 is 2.15 bits per heavy atom. The summed E-state index contributed by atoms with van der Waals surface area (Å²) in [6, 6.07) is 1.58. The third-order valence-electron chi connectivity index (χ3n) is 3.95. The largest absolute Gasteiger partial charge is 0.356 e. The first-order valence-electron chi connectivity index (χ1n) is 7.86. The fourth-order valence-electron chi connectivity index (χ4n) is 2.60.